The average Bonchev–Trinajstić information content (AvgIpc) is 2.75. The van der Waals surface area contributed by atoms with Crippen LogP contribution in [0.15, 0.2) is 50.8 Å². The van der Waals surface area contributed by atoms with Crippen LogP contribution in [0.5, 0.6) is 5.75 Å². The maximum absolute atomic E-state index is 13.0. The normalized spacial score (nSPS) is 12.3. The van der Waals surface area contributed by atoms with Gasteiger partial charge in [0.25, 0.3) is 5.56 Å². The van der Waals surface area contributed by atoms with Crippen LogP contribution in [-0.2, 0) is 16.0 Å². The van der Waals surface area contributed by atoms with Gasteiger partial charge in [0.2, 0.25) is 0 Å². The average molecular weight is 507 g/mol. The first-order valence-electron chi connectivity index (χ1n) is 9.72. The van der Waals surface area contributed by atoms with Crippen molar-refractivity contribution in [2.45, 2.75) is 33.3 Å². The third-order valence-electron chi connectivity index (χ3n) is 4.40. The first-order chi connectivity index (χ1) is 14.8. The molecule has 3 aromatic rings. The molecule has 1 heterocycles. The number of aromatic nitrogens is 2. The van der Waals surface area contributed by atoms with Gasteiger partial charge in [-0.2, -0.15) is 9.78 Å². The third kappa shape index (κ3) is 5.32. The van der Waals surface area contributed by atoms with Crippen molar-refractivity contribution in [1.29, 1.82) is 0 Å². The second-order valence-electron chi connectivity index (χ2n) is 6.60. The summed E-state index contributed by atoms with van der Waals surface area (Å²) in [6.45, 7) is 5.48. The van der Waals surface area contributed by atoms with Crippen LogP contribution < -0.4 is 10.3 Å². The fraction of sp³-hybridized carbons (Fsp3) is 0.273. The summed E-state index contributed by atoms with van der Waals surface area (Å²) in [6, 6.07) is 10.3. The first-order valence-corrected chi connectivity index (χ1v) is 10.9. The minimum absolute atomic E-state index is 0.259. The molecule has 0 aliphatic carbocycles. The van der Waals surface area contributed by atoms with Gasteiger partial charge in [0.05, 0.1) is 23.7 Å². The molecule has 0 spiro atoms. The molecule has 0 aliphatic heterocycles. The molecule has 0 N–H and O–H groups in total. The molecule has 0 radical (unpaired) electrons. The Morgan fingerprint density at radius 1 is 1.29 bits per heavy atom. The lowest BCUT2D eigenvalue weighted by molar-refractivity contribution is -0.150. The first kappa shape index (κ1) is 23.0. The van der Waals surface area contributed by atoms with Gasteiger partial charge in [-0.15, -0.1) is 0 Å². The molecule has 0 amide bonds. The van der Waals surface area contributed by atoms with E-state index < -0.39 is 12.1 Å². The third-order valence-corrected chi connectivity index (χ3v) is 5.13. The van der Waals surface area contributed by atoms with Gasteiger partial charge < -0.3 is 9.47 Å². The number of fused-ring (bicyclic) bond motifs is 1. The highest BCUT2D eigenvalue weighted by molar-refractivity contribution is 9.10. The van der Waals surface area contributed by atoms with Crippen molar-refractivity contribution in [3.63, 3.8) is 0 Å². The Hall–Kier alpha value is -2.71. The predicted molar refractivity (Wildman–Crippen MR) is 124 cm³/mol. The van der Waals surface area contributed by atoms with Crippen LogP contribution >= 0.6 is 27.5 Å². The number of hydrogen-bond donors (Lipinski definition) is 0. The van der Waals surface area contributed by atoms with E-state index in [0.717, 1.165) is 4.47 Å². The molecule has 3 rings (SSSR count). The van der Waals surface area contributed by atoms with Crippen molar-refractivity contribution in [1.82, 2.24) is 9.66 Å². The maximum atomic E-state index is 13.0. The summed E-state index contributed by atoms with van der Waals surface area (Å²) in [6.07, 6.45) is 1.16. The zero-order valence-corrected chi connectivity index (χ0v) is 19.6. The Balaban J connectivity index is 2.03. The maximum Gasteiger partial charge on any atom is 0.347 e. The molecular weight excluding hydrogens is 486 g/mol. The lowest BCUT2D eigenvalue weighted by Crippen LogP contribution is -2.26. The molecule has 31 heavy (non-hydrogen) atoms. The number of benzene rings is 2. The molecule has 0 unspecified atom stereocenters. The van der Waals surface area contributed by atoms with E-state index in [1.165, 1.54) is 10.9 Å². The van der Waals surface area contributed by atoms with E-state index in [0.29, 0.717) is 39.5 Å². The summed E-state index contributed by atoms with van der Waals surface area (Å²) in [5.41, 5.74) is 0.822. The molecular formula is C22H21BrClN3O4. The van der Waals surface area contributed by atoms with Crippen LogP contribution in [0.3, 0.4) is 0 Å². The van der Waals surface area contributed by atoms with Crippen LogP contribution in [-0.4, -0.2) is 34.6 Å². The van der Waals surface area contributed by atoms with Crippen molar-refractivity contribution in [2.75, 3.05) is 6.61 Å². The summed E-state index contributed by atoms with van der Waals surface area (Å²) >= 11 is 9.52. The Morgan fingerprint density at radius 3 is 2.77 bits per heavy atom. The molecule has 0 fully saturated rings. The molecule has 0 saturated heterocycles. The standard InChI is InChI=1S/C22H21BrClN3O4/c1-4-20-26-18-8-6-15(23)11-17(18)21(28)27(20)25-12-14-10-16(24)7-9-19(14)31-13(3)22(29)30-5-2/h6-13H,4-5H2,1-3H3/t13-/m1/s1. The highest BCUT2D eigenvalue weighted by atomic mass is 79.9. The monoisotopic (exact) mass is 505 g/mol. The van der Waals surface area contributed by atoms with Crippen LogP contribution in [0.1, 0.15) is 32.2 Å². The summed E-state index contributed by atoms with van der Waals surface area (Å²) < 4.78 is 12.8. The molecule has 0 bridgehead atoms. The highest BCUT2D eigenvalue weighted by Crippen LogP contribution is 2.23. The fourth-order valence-electron chi connectivity index (χ4n) is 2.89. The summed E-state index contributed by atoms with van der Waals surface area (Å²) in [5.74, 6) is 0.422. The number of nitrogens with zero attached hydrogens (tertiary/aromatic N) is 3. The summed E-state index contributed by atoms with van der Waals surface area (Å²) in [7, 11) is 0. The number of ether oxygens (including phenoxy) is 2. The van der Waals surface area contributed by atoms with Gasteiger partial charge in [-0.3, -0.25) is 4.79 Å². The largest absolute Gasteiger partial charge is 0.478 e. The van der Waals surface area contributed by atoms with Gasteiger partial charge in [0.1, 0.15) is 11.6 Å². The molecule has 0 aliphatic rings. The van der Waals surface area contributed by atoms with Crippen LogP contribution in [0.2, 0.25) is 5.02 Å². The number of carbonyl (C=O) groups excluding carboxylic acids is 1. The quantitative estimate of drug-likeness (QED) is 0.346. The fourth-order valence-corrected chi connectivity index (χ4v) is 3.43. The van der Waals surface area contributed by atoms with Gasteiger partial charge in [-0.25, -0.2) is 9.78 Å². The molecule has 2 aromatic carbocycles. The number of aryl methyl sites for hydroxylation is 1. The minimum Gasteiger partial charge on any atom is -0.478 e. The van der Waals surface area contributed by atoms with E-state index in [1.807, 2.05) is 13.0 Å². The van der Waals surface area contributed by atoms with E-state index in [-0.39, 0.29) is 12.2 Å². The van der Waals surface area contributed by atoms with E-state index in [9.17, 15) is 9.59 Å². The van der Waals surface area contributed by atoms with E-state index in [4.69, 9.17) is 21.1 Å². The molecule has 1 atom stereocenters. The summed E-state index contributed by atoms with van der Waals surface area (Å²) in [5, 5.41) is 5.27. The van der Waals surface area contributed by atoms with Crippen molar-refractivity contribution in [3.8, 4) is 5.75 Å². The van der Waals surface area contributed by atoms with E-state index in [1.54, 1.807) is 44.2 Å². The molecule has 7 nitrogen and oxygen atoms in total. The molecule has 9 heteroatoms. The molecule has 1 aromatic heterocycles. The number of rotatable bonds is 7. The smallest absolute Gasteiger partial charge is 0.347 e. The van der Waals surface area contributed by atoms with Crippen molar-refractivity contribution < 1.29 is 14.3 Å². The number of hydrogen-bond acceptors (Lipinski definition) is 6. The summed E-state index contributed by atoms with van der Waals surface area (Å²) in [4.78, 5) is 29.5. The van der Waals surface area contributed by atoms with Crippen LogP contribution in [0.4, 0.5) is 0 Å². The van der Waals surface area contributed by atoms with Crippen molar-refractivity contribution in [3.05, 3.63) is 67.6 Å². The molecule has 162 valence electrons. The Kier molecular flexibility index (Phi) is 7.46. The number of halogens is 2. The van der Waals surface area contributed by atoms with Crippen molar-refractivity contribution in [2.24, 2.45) is 5.10 Å². The second kappa shape index (κ2) is 10.1. The van der Waals surface area contributed by atoms with Gasteiger partial charge in [-0.05, 0) is 50.2 Å². The van der Waals surface area contributed by atoms with Crippen LogP contribution in [0.25, 0.3) is 10.9 Å². The van der Waals surface area contributed by atoms with Gasteiger partial charge in [0.15, 0.2) is 6.10 Å². The predicted octanol–water partition coefficient (Wildman–Crippen LogP) is 4.59. The van der Waals surface area contributed by atoms with Gasteiger partial charge in [-0.1, -0.05) is 34.5 Å². The lowest BCUT2D eigenvalue weighted by atomic mass is 10.2. The molecule has 0 saturated carbocycles. The number of carbonyl (C=O) groups is 1. The highest BCUT2D eigenvalue weighted by Gasteiger charge is 2.17. The minimum atomic E-state index is -0.818. The number of esters is 1. The van der Waals surface area contributed by atoms with Crippen LogP contribution in [0, 0.1) is 0 Å². The zero-order chi connectivity index (χ0) is 22.5. The van der Waals surface area contributed by atoms with Gasteiger partial charge >= 0.3 is 5.97 Å². The Labute approximate surface area is 192 Å². The Morgan fingerprint density at radius 2 is 2.06 bits per heavy atom. The SMILES string of the molecule is CCOC(=O)[C@@H](C)Oc1ccc(Cl)cc1C=Nn1c(CC)nc2ccc(Br)cc2c1=O. The Bertz CT molecular complexity index is 1210. The van der Waals surface area contributed by atoms with Crippen molar-refractivity contribution >= 4 is 50.6 Å². The van der Waals surface area contributed by atoms with Gasteiger partial charge in [0, 0.05) is 21.5 Å². The topological polar surface area (TPSA) is 82.8 Å². The van der Waals surface area contributed by atoms with E-state index >= 15 is 0 Å². The van der Waals surface area contributed by atoms with E-state index in [2.05, 4.69) is 26.0 Å². The zero-order valence-electron chi connectivity index (χ0n) is 17.3. The lowest BCUT2D eigenvalue weighted by Gasteiger charge is -2.15. The second-order valence-corrected chi connectivity index (χ2v) is 7.95.